The standard InChI is InChI=1S/C15H25NO/c1-5-9-17-14-8-6-7-13(11-14)15(16-4)10-12(2)3/h6-8,11-12,15-16H,5,9-10H2,1-4H3. The molecule has 0 saturated carbocycles. The molecule has 1 rings (SSSR count). The number of hydrogen-bond acceptors (Lipinski definition) is 2. The van der Waals surface area contributed by atoms with Gasteiger partial charge < -0.3 is 10.1 Å². The van der Waals surface area contributed by atoms with Crippen LogP contribution in [0.3, 0.4) is 0 Å². The van der Waals surface area contributed by atoms with E-state index in [2.05, 4.69) is 44.3 Å². The smallest absolute Gasteiger partial charge is 0.119 e. The molecular formula is C15H25NO. The van der Waals surface area contributed by atoms with E-state index in [0.29, 0.717) is 12.0 Å². The van der Waals surface area contributed by atoms with Gasteiger partial charge in [-0.25, -0.2) is 0 Å². The maximum absolute atomic E-state index is 5.67. The first-order chi connectivity index (χ1) is 8.17. The second-order valence-electron chi connectivity index (χ2n) is 4.89. The first-order valence-corrected chi connectivity index (χ1v) is 6.57. The van der Waals surface area contributed by atoms with Gasteiger partial charge in [0.2, 0.25) is 0 Å². The highest BCUT2D eigenvalue weighted by Gasteiger charge is 2.11. The summed E-state index contributed by atoms with van der Waals surface area (Å²) in [6.07, 6.45) is 2.19. The molecule has 0 heterocycles. The van der Waals surface area contributed by atoms with Crippen molar-refractivity contribution in [2.24, 2.45) is 5.92 Å². The third-order valence-corrected chi connectivity index (χ3v) is 2.79. The van der Waals surface area contributed by atoms with Gasteiger partial charge in [-0.15, -0.1) is 0 Å². The van der Waals surface area contributed by atoms with Crippen LogP contribution >= 0.6 is 0 Å². The summed E-state index contributed by atoms with van der Waals surface area (Å²) >= 11 is 0. The van der Waals surface area contributed by atoms with Crippen LogP contribution in [0.2, 0.25) is 0 Å². The molecule has 0 spiro atoms. The zero-order valence-corrected chi connectivity index (χ0v) is 11.5. The van der Waals surface area contributed by atoms with Crippen molar-refractivity contribution in [3.8, 4) is 5.75 Å². The quantitative estimate of drug-likeness (QED) is 0.776. The molecule has 0 radical (unpaired) electrons. The molecule has 1 N–H and O–H groups in total. The fraction of sp³-hybridized carbons (Fsp3) is 0.600. The third kappa shape index (κ3) is 4.78. The predicted molar refractivity (Wildman–Crippen MR) is 73.5 cm³/mol. The zero-order valence-electron chi connectivity index (χ0n) is 11.5. The molecule has 0 amide bonds. The molecule has 0 bridgehead atoms. The molecule has 17 heavy (non-hydrogen) atoms. The summed E-state index contributed by atoms with van der Waals surface area (Å²) < 4.78 is 5.67. The monoisotopic (exact) mass is 235 g/mol. The van der Waals surface area contributed by atoms with Crippen molar-refractivity contribution in [1.29, 1.82) is 0 Å². The summed E-state index contributed by atoms with van der Waals surface area (Å²) in [6, 6.07) is 8.84. The van der Waals surface area contributed by atoms with Crippen LogP contribution in [-0.2, 0) is 0 Å². The van der Waals surface area contributed by atoms with Gasteiger partial charge in [0.15, 0.2) is 0 Å². The maximum atomic E-state index is 5.67. The minimum atomic E-state index is 0.417. The van der Waals surface area contributed by atoms with E-state index in [1.807, 2.05) is 13.1 Å². The average molecular weight is 235 g/mol. The van der Waals surface area contributed by atoms with Gasteiger partial charge in [-0.05, 0) is 43.5 Å². The van der Waals surface area contributed by atoms with Crippen molar-refractivity contribution in [2.45, 2.75) is 39.7 Å². The average Bonchev–Trinajstić information content (AvgIpc) is 2.33. The highest BCUT2D eigenvalue weighted by atomic mass is 16.5. The molecule has 0 saturated heterocycles. The molecule has 0 aliphatic carbocycles. The minimum Gasteiger partial charge on any atom is -0.494 e. The van der Waals surface area contributed by atoms with E-state index >= 15 is 0 Å². The fourth-order valence-corrected chi connectivity index (χ4v) is 1.93. The Bertz CT molecular complexity index is 322. The van der Waals surface area contributed by atoms with Gasteiger partial charge in [0.05, 0.1) is 6.61 Å². The van der Waals surface area contributed by atoms with Crippen LogP contribution in [0, 0.1) is 5.92 Å². The topological polar surface area (TPSA) is 21.3 Å². The van der Waals surface area contributed by atoms with E-state index in [-0.39, 0.29) is 0 Å². The number of ether oxygens (including phenoxy) is 1. The Morgan fingerprint density at radius 2 is 2.06 bits per heavy atom. The molecular weight excluding hydrogens is 210 g/mol. The Labute approximate surface area is 105 Å². The highest BCUT2D eigenvalue weighted by molar-refractivity contribution is 5.30. The Morgan fingerprint density at radius 3 is 2.65 bits per heavy atom. The van der Waals surface area contributed by atoms with Crippen molar-refractivity contribution >= 4 is 0 Å². The zero-order chi connectivity index (χ0) is 12.7. The van der Waals surface area contributed by atoms with E-state index in [4.69, 9.17) is 4.74 Å². The maximum Gasteiger partial charge on any atom is 0.119 e. The van der Waals surface area contributed by atoms with Crippen molar-refractivity contribution in [2.75, 3.05) is 13.7 Å². The Balaban J connectivity index is 2.73. The number of rotatable bonds is 7. The summed E-state index contributed by atoms with van der Waals surface area (Å²) in [5.41, 5.74) is 1.31. The van der Waals surface area contributed by atoms with Crippen molar-refractivity contribution < 1.29 is 4.74 Å². The molecule has 1 aromatic carbocycles. The lowest BCUT2D eigenvalue weighted by Crippen LogP contribution is -2.18. The van der Waals surface area contributed by atoms with Crippen molar-refractivity contribution in [1.82, 2.24) is 5.32 Å². The summed E-state index contributed by atoms with van der Waals surface area (Å²) in [4.78, 5) is 0. The fourth-order valence-electron chi connectivity index (χ4n) is 1.93. The Hall–Kier alpha value is -1.02. The predicted octanol–water partition coefficient (Wildman–Crippen LogP) is 3.78. The number of benzene rings is 1. The van der Waals surface area contributed by atoms with E-state index < -0.39 is 0 Å². The van der Waals surface area contributed by atoms with Crippen LogP contribution in [0.4, 0.5) is 0 Å². The van der Waals surface area contributed by atoms with E-state index in [9.17, 15) is 0 Å². The molecule has 1 atom stereocenters. The molecule has 1 aromatic rings. The van der Waals surface area contributed by atoms with Crippen LogP contribution in [0.25, 0.3) is 0 Å². The van der Waals surface area contributed by atoms with Crippen LogP contribution < -0.4 is 10.1 Å². The number of hydrogen-bond donors (Lipinski definition) is 1. The lowest BCUT2D eigenvalue weighted by atomic mass is 9.97. The van der Waals surface area contributed by atoms with E-state index in [0.717, 1.165) is 25.2 Å². The summed E-state index contributed by atoms with van der Waals surface area (Å²) in [5, 5.41) is 3.38. The Kier molecular flexibility index (Phi) is 6.06. The van der Waals surface area contributed by atoms with E-state index in [1.165, 1.54) is 5.56 Å². The normalized spacial score (nSPS) is 12.8. The van der Waals surface area contributed by atoms with Gasteiger partial charge in [0, 0.05) is 6.04 Å². The lowest BCUT2D eigenvalue weighted by molar-refractivity contribution is 0.316. The molecule has 2 nitrogen and oxygen atoms in total. The van der Waals surface area contributed by atoms with Gasteiger partial charge >= 0.3 is 0 Å². The largest absolute Gasteiger partial charge is 0.494 e. The van der Waals surface area contributed by atoms with E-state index in [1.54, 1.807) is 0 Å². The minimum absolute atomic E-state index is 0.417. The van der Waals surface area contributed by atoms with Crippen LogP contribution in [0.5, 0.6) is 5.75 Å². The van der Waals surface area contributed by atoms with Gasteiger partial charge in [-0.1, -0.05) is 32.9 Å². The number of nitrogens with one attached hydrogen (secondary N) is 1. The molecule has 1 unspecified atom stereocenters. The van der Waals surface area contributed by atoms with Gasteiger partial charge in [-0.3, -0.25) is 0 Å². The van der Waals surface area contributed by atoms with Gasteiger partial charge in [-0.2, -0.15) is 0 Å². The molecule has 0 aliphatic heterocycles. The molecule has 0 fully saturated rings. The Morgan fingerprint density at radius 1 is 1.29 bits per heavy atom. The summed E-state index contributed by atoms with van der Waals surface area (Å²) in [6.45, 7) is 7.42. The molecule has 2 heteroatoms. The SMILES string of the molecule is CCCOc1cccc(C(CC(C)C)NC)c1. The first kappa shape index (κ1) is 14.0. The van der Waals surface area contributed by atoms with Gasteiger partial charge in [0.1, 0.15) is 5.75 Å². The molecule has 0 aliphatic rings. The summed E-state index contributed by atoms with van der Waals surface area (Å²) in [7, 11) is 2.02. The summed E-state index contributed by atoms with van der Waals surface area (Å²) in [5.74, 6) is 1.67. The molecule has 96 valence electrons. The van der Waals surface area contributed by atoms with Crippen LogP contribution in [0.15, 0.2) is 24.3 Å². The lowest BCUT2D eigenvalue weighted by Gasteiger charge is -2.19. The van der Waals surface area contributed by atoms with Crippen molar-refractivity contribution in [3.05, 3.63) is 29.8 Å². The van der Waals surface area contributed by atoms with Crippen LogP contribution in [0.1, 0.15) is 45.2 Å². The first-order valence-electron chi connectivity index (χ1n) is 6.57. The van der Waals surface area contributed by atoms with Crippen LogP contribution in [-0.4, -0.2) is 13.7 Å². The molecule has 0 aromatic heterocycles. The van der Waals surface area contributed by atoms with Gasteiger partial charge in [0.25, 0.3) is 0 Å². The second-order valence-corrected chi connectivity index (χ2v) is 4.89. The third-order valence-electron chi connectivity index (χ3n) is 2.79. The van der Waals surface area contributed by atoms with Crippen molar-refractivity contribution in [3.63, 3.8) is 0 Å². The second kappa shape index (κ2) is 7.33. The highest BCUT2D eigenvalue weighted by Crippen LogP contribution is 2.24.